The number of hydrogen-bond donors (Lipinski definition) is 1. The maximum Gasteiger partial charge on any atom is 4.00 e. The van der Waals surface area contributed by atoms with Gasteiger partial charge in [-0.05, 0) is 78.6 Å². The van der Waals surface area contributed by atoms with E-state index in [0.717, 1.165) is 68.8 Å². The van der Waals surface area contributed by atoms with Gasteiger partial charge in [-0.2, -0.15) is 73.9 Å². The molecule has 0 aliphatic heterocycles. The van der Waals surface area contributed by atoms with Gasteiger partial charge in [0.25, 0.3) is 0 Å². The minimum Gasteiger partial charge on any atom is -0.507 e. The number of para-hydroxylation sites is 1. The molecule has 0 spiro atoms. The van der Waals surface area contributed by atoms with E-state index in [9.17, 15) is 5.11 Å². The molecule has 0 aliphatic carbocycles. The minimum absolute atomic E-state index is 0. The molecule has 7 aromatic carbocycles. The van der Waals surface area contributed by atoms with Crippen LogP contribution in [0.1, 0.15) is 84.9 Å². The Morgan fingerprint density at radius 2 is 0.951 bits per heavy atom. The molecular formula is C57H64NO2Zr+. The Morgan fingerprint density at radius 1 is 0.525 bits per heavy atom. The van der Waals surface area contributed by atoms with E-state index in [-0.39, 0.29) is 32.0 Å². The van der Waals surface area contributed by atoms with Crippen LogP contribution in [0, 0.1) is 34.6 Å². The van der Waals surface area contributed by atoms with Crippen molar-refractivity contribution < 1.29 is 36.0 Å². The number of aryl methyl sites for hydroxylation is 2. The SMILES string of the molecule is Cc1ccc(OCCCN(C)c2c(C(C)C)cccc2C(C)C)c(-c2cc(C)cc(-c3ccccc3)c2O)c1.[CH2-]c1ccccc1.[CH2-]c1ccccc1.[CH2-]c1ccccc1.[Zr+4]. The summed E-state index contributed by atoms with van der Waals surface area (Å²) in [7, 11) is 2.19. The first-order valence-corrected chi connectivity index (χ1v) is 20.9. The molecular weight excluding hydrogens is 822 g/mol. The van der Waals surface area contributed by atoms with Crippen LogP contribution in [0.25, 0.3) is 22.3 Å². The average Bonchev–Trinajstić information content (AvgIpc) is 3.25. The van der Waals surface area contributed by atoms with Crippen LogP contribution in [0.3, 0.4) is 0 Å². The van der Waals surface area contributed by atoms with E-state index in [4.69, 9.17) is 4.74 Å². The molecule has 4 heteroatoms. The van der Waals surface area contributed by atoms with Crippen LogP contribution in [-0.4, -0.2) is 25.3 Å². The molecule has 0 aliphatic rings. The Labute approximate surface area is 387 Å². The number of hydrogen-bond acceptors (Lipinski definition) is 3. The molecule has 61 heavy (non-hydrogen) atoms. The van der Waals surface area contributed by atoms with E-state index in [1.54, 1.807) is 0 Å². The Bertz CT molecular complexity index is 2170. The van der Waals surface area contributed by atoms with E-state index in [1.807, 2.05) is 140 Å². The van der Waals surface area contributed by atoms with Crippen molar-refractivity contribution in [2.75, 3.05) is 25.1 Å². The third-order valence-corrected chi connectivity index (χ3v) is 9.91. The zero-order valence-corrected chi connectivity index (χ0v) is 39.8. The molecule has 7 rings (SSSR count). The van der Waals surface area contributed by atoms with Crippen molar-refractivity contribution >= 4 is 5.69 Å². The predicted molar refractivity (Wildman–Crippen MR) is 259 cm³/mol. The zero-order valence-electron chi connectivity index (χ0n) is 37.4. The molecule has 0 heterocycles. The summed E-state index contributed by atoms with van der Waals surface area (Å²) in [5.74, 6) is 2.02. The number of nitrogens with zero attached hydrogens (tertiary/aromatic N) is 1. The van der Waals surface area contributed by atoms with Gasteiger partial charge in [0.1, 0.15) is 11.5 Å². The summed E-state index contributed by atoms with van der Waals surface area (Å²) in [4.78, 5) is 2.39. The molecule has 0 aromatic heterocycles. The maximum atomic E-state index is 11.4. The molecule has 0 atom stereocenters. The molecule has 7 aromatic rings. The monoisotopic (exact) mass is 884 g/mol. The summed E-state index contributed by atoms with van der Waals surface area (Å²) in [6.45, 7) is 25.9. The molecule has 1 N–H and O–H groups in total. The van der Waals surface area contributed by atoms with Gasteiger partial charge in [0.05, 0.1) is 6.61 Å². The minimum atomic E-state index is 0. The van der Waals surface area contributed by atoms with Crippen LogP contribution in [0.5, 0.6) is 11.5 Å². The van der Waals surface area contributed by atoms with E-state index >= 15 is 0 Å². The molecule has 0 saturated heterocycles. The molecule has 3 nitrogen and oxygen atoms in total. The third kappa shape index (κ3) is 16.1. The molecule has 0 bridgehead atoms. The van der Waals surface area contributed by atoms with E-state index in [2.05, 4.69) is 105 Å². The number of aromatic hydroxyl groups is 1. The van der Waals surface area contributed by atoms with Crippen LogP contribution in [-0.2, 0) is 26.2 Å². The van der Waals surface area contributed by atoms with Gasteiger partial charge < -0.3 is 14.7 Å². The normalized spacial score (nSPS) is 10.2. The van der Waals surface area contributed by atoms with Crippen molar-refractivity contribution in [2.45, 2.75) is 59.8 Å². The Hall–Kier alpha value is -5.57. The number of ether oxygens (including phenoxy) is 1. The van der Waals surface area contributed by atoms with Crippen molar-refractivity contribution in [3.63, 3.8) is 0 Å². The maximum absolute atomic E-state index is 11.4. The summed E-state index contributed by atoms with van der Waals surface area (Å²) >= 11 is 0. The van der Waals surface area contributed by atoms with Gasteiger partial charge in [-0.25, -0.2) is 0 Å². The smallest absolute Gasteiger partial charge is 0.507 e. The number of phenols is 1. The molecule has 312 valence electrons. The van der Waals surface area contributed by atoms with Gasteiger partial charge in [-0.1, -0.05) is 106 Å². The summed E-state index contributed by atoms with van der Waals surface area (Å²) in [6, 6.07) is 56.7. The van der Waals surface area contributed by atoms with Crippen molar-refractivity contribution in [3.8, 4) is 33.8 Å². The topological polar surface area (TPSA) is 32.7 Å². The first kappa shape index (κ1) is 49.8. The van der Waals surface area contributed by atoms with E-state index in [0.29, 0.717) is 18.4 Å². The standard InChI is InChI=1S/C36H43NO2.3C7H7.Zr/c1-24(2)29-15-11-16-30(25(3)4)35(29)37(7)19-12-20-39-34-18-17-26(5)21-32(34)33-23-27(6)22-31(36(33)38)28-13-9-8-10-14-28;3*1-7-5-3-2-4-6-7;/h8-11,13-18,21-25,38H,12,19-20H2,1-7H3;3*2-6H,1H2;/q;3*-1;+4. The van der Waals surface area contributed by atoms with Gasteiger partial charge in [0.15, 0.2) is 0 Å². The zero-order chi connectivity index (χ0) is 43.4. The third-order valence-electron chi connectivity index (χ3n) is 9.91. The van der Waals surface area contributed by atoms with Crippen LogP contribution in [0.2, 0.25) is 0 Å². The molecule has 0 amide bonds. The number of anilines is 1. The second-order valence-electron chi connectivity index (χ2n) is 15.7. The fraction of sp³-hybridized carbons (Fsp3) is 0.211. The Kier molecular flexibility index (Phi) is 21.2. The van der Waals surface area contributed by atoms with Gasteiger partial charge in [0.2, 0.25) is 0 Å². The van der Waals surface area contributed by atoms with Crippen molar-refractivity contribution in [3.05, 3.63) is 230 Å². The van der Waals surface area contributed by atoms with Gasteiger partial charge in [0, 0.05) is 36.0 Å². The van der Waals surface area contributed by atoms with Crippen LogP contribution in [0.15, 0.2) is 170 Å². The fourth-order valence-electron chi connectivity index (χ4n) is 6.78. The summed E-state index contributed by atoms with van der Waals surface area (Å²) < 4.78 is 6.39. The van der Waals surface area contributed by atoms with Crippen LogP contribution >= 0.6 is 0 Å². The first-order valence-electron chi connectivity index (χ1n) is 20.9. The van der Waals surface area contributed by atoms with Crippen LogP contribution < -0.4 is 9.64 Å². The van der Waals surface area contributed by atoms with E-state index in [1.165, 1.54) is 16.8 Å². The Balaban J connectivity index is 0.000000362. The summed E-state index contributed by atoms with van der Waals surface area (Å²) in [5.41, 5.74) is 13.2. The molecule has 0 radical (unpaired) electrons. The summed E-state index contributed by atoms with van der Waals surface area (Å²) in [5, 5.41) is 11.4. The molecule has 0 unspecified atom stereocenters. The van der Waals surface area contributed by atoms with Gasteiger partial charge in [-0.15, -0.1) is 36.4 Å². The van der Waals surface area contributed by atoms with Gasteiger partial charge >= 0.3 is 26.2 Å². The molecule has 0 fully saturated rings. The van der Waals surface area contributed by atoms with Crippen molar-refractivity contribution in [1.82, 2.24) is 0 Å². The van der Waals surface area contributed by atoms with Crippen molar-refractivity contribution in [1.29, 1.82) is 0 Å². The molecule has 0 saturated carbocycles. The average molecular weight is 886 g/mol. The second-order valence-corrected chi connectivity index (χ2v) is 15.7. The van der Waals surface area contributed by atoms with Crippen LogP contribution in [0.4, 0.5) is 5.69 Å². The largest absolute Gasteiger partial charge is 4.00 e. The van der Waals surface area contributed by atoms with Gasteiger partial charge in [-0.3, -0.25) is 0 Å². The van der Waals surface area contributed by atoms with Crippen molar-refractivity contribution in [2.24, 2.45) is 0 Å². The number of benzene rings is 7. The second kappa shape index (κ2) is 25.9. The number of rotatable bonds is 10. The summed E-state index contributed by atoms with van der Waals surface area (Å²) in [6.07, 6.45) is 0.892. The fourth-order valence-corrected chi connectivity index (χ4v) is 6.78. The predicted octanol–water partition coefficient (Wildman–Crippen LogP) is 15.1. The first-order chi connectivity index (χ1) is 28.8. The van der Waals surface area contributed by atoms with E-state index < -0.39 is 0 Å². The Morgan fingerprint density at radius 3 is 1.38 bits per heavy atom. The number of phenolic OH excluding ortho intramolecular Hbond substituents is 1. The quantitative estimate of drug-likeness (QED) is 0.110.